The van der Waals surface area contributed by atoms with Gasteiger partial charge in [0.1, 0.15) is 5.01 Å². The summed E-state index contributed by atoms with van der Waals surface area (Å²) in [4.78, 5) is 27.8. The highest BCUT2D eigenvalue weighted by Crippen LogP contribution is 2.44. The maximum absolute atomic E-state index is 13.2. The van der Waals surface area contributed by atoms with Crippen LogP contribution in [-0.2, 0) is 14.3 Å². The number of aromatic nitrogens is 2. The number of carbonyl (C=O) groups excluding carboxylic acids is 1. The summed E-state index contributed by atoms with van der Waals surface area (Å²) in [5.74, 6) is -0.443. The summed E-state index contributed by atoms with van der Waals surface area (Å²) < 4.78 is 12.6. The van der Waals surface area contributed by atoms with Crippen molar-refractivity contribution in [3.63, 3.8) is 0 Å². The van der Waals surface area contributed by atoms with E-state index in [1.807, 2.05) is 70.4 Å². The number of piperazine rings is 1. The molecular formula is C33H39ClN4O3S. The van der Waals surface area contributed by atoms with Crippen LogP contribution >= 0.6 is 22.9 Å². The Morgan fingerprint density at radius 3 is 2.33 bits per heavy atom. The first-order chi connectivity index (χ1) is 19.9. The van der Waals surface area contributed by atoms with Gasteiger partial charge in [0.25, 0.3) is 0 Å². The van der Waals surface area contributed by atoms with Gasteiger partial charge in [-0.15, -0.1) is 11.3 Å². The van der Waals surface area contributed by atoms with Gasteiger partial charge in [0.2, 0.25) is 0 Å². The van der Waals surface area contributed by atoms with Crippen molar-refractivity contribution in [2.75, 3.05) is 38.2 Å². The average molecular weight is 607 g/mol. The van der Waals surface area contributed by atoms with Crippen molar-refractivity contribution in [3.8, 4) is 21.7 Å². The van der Waals surface area contributed by atoms with Crippen LogP contribution in [0.15, 0.2) is 48.8 Å². The number of thiazole rings is 1. The molecule has 1 atom stereocenters. The number of ether oxygens (including phenoxy) is 2. The lowest BCUT2D eigenvalue weighted by Gasteiger charge is -2.38. The van der Waals surface area contributed by atoms with Crippen molar-refractivity contribution < 1.29 is 14.3 Å². The second-order valence-electron chi connectivity index (χ2n) is 12.0. The van der Waals surface area contributed by atoms with Crippen molar-refractivity contribution in [1.29, 1.82) is 0 Å². The topological polar surface area (TPSA) is 67.8 Å². The molecule has 0 N–H and O–H groups in total. The standard InChI is InChI=1S/C33H39ClN4O3S/c1-20(2)37-12-14-38(15-13-37)25-17-23(18-35-19-25)31-36-26-16-21(3)27(29(32(39)40-7)41-33(4,5)6)28(30(26)42-31)22-8-10-24(34)11-9-22/h8-11,16-20,29H,12-15H2,1-7H3/t29-/m0/s1. The van der Waals surface area contributed by atoms with E-state index < -0.39 is 17.7 Å². The number of rotatable bonds is 7. The molecule has 3 heterocycles. The molecule has 0 saturated carbocycles. The second kappa shape index (κ2) is 12.3. The monoisotopic (exact) mass is 606 g/mol. The van der Waals surface area contributed by atoms with Gasteiger partial charge < -0.3 is 14.4 Å². The van der Waals surface area contributed by atoms with Crippen LogP contribution in [0.1, 0.15) is 51.8 Å². The lowest BCUT2D eigenvalue weighted by Crippen LogP contribution is -2.48. The van der Waals surface area contributed by atoms with Crippen LogP contribution in [0.25, 0.3) is 31.9 Å². The highest BCUT2D eigenvalue weighted by molar-refractivity contribution is 7.22. The molecule has 2 aromatic heterocycles. The molecule has 222 valence electrons. The molecule has 1 aliphatic heterocycles. The highest BCUT2D eigenvalue weighted by Gasteiger charge is 2.33. The SMILES string of the molecule is COC(=O)[C@@H](OC(C)(C)C)c1c(C)cc2nc(-c3cncc(N4CCN(C(C)C)CC4)c3)sc2c1-c1ccc(Cl)cc1. The van der Waals surface area contributed by atoms with Gasteiger partial charge >= 0.3 is 5.97 Å². The van der Waals surface area contributed by atoms with E-state index in [0.717, 1.165) is 74.9 Å². The maximum Gasteiger partial charge on any atom is 0.339 e. The first kappa shape index (κ1) is 30.4. The Hall–Kier alpha value is -3.04. The van der Waals surface area contributed by atoms with Crippen LogP contribution in [-0.4, -0.2) is 65.8 Å². The Morgan fingerprint density at radius 1 is 1.02 bits per heavy atom. The van der Waals surface area contributed by atoms with Gasteiger partial charge in [-0.1, -0.05) is 23.7 Å². The highest BCUT2D eigenvalue weighted by atomic mass is 35.5. The van der Waals surface area contributed by atoms with Crippen LogP contribution in [0, 0.1) is 6.92 Å². The Morgan fingerprint density at radius 2 is 1.71 bits per heavy atom. The van der Waals surface area contributed by atoms with E-state index in [1.54, 1.807) is 11.3 Å². The fourth-order valence-electron chi connectivity index (χ4n) is 5.48. The molecule has 0 unspecified atom stereocenters. The molecule has 1 aliphatic rings. The molecular weight excluding hydrogens is 568 g/mol. The number of methoxy groups -OCH3 is 1. The van der Waals surface area contributed by atoms with Crippen LogP contribution in [0.3, 0.4) is 0 Å². The third kappa shape index (κ3) is 6.47. The summed E-state index contributed by atoms with van der Waals surface area (Å²) in [5.41, 5.74) is 5.86. The first-order valence-corrected chi connectivity index (χ1v) is 15.5. The molecule has 7 nitrogen and oxygen atoms in total. The van der Waals surface area contributed by atoms with Crippen molar-refractivity contribution in [3.05, 3.63) is 64.9 Å². The largest absolute Gasteiger partial charge is 0.467 e. The Bertz CT molecular complexity index is 1570. The van der Waals surface area contributed by atoms with E-state index in [1.165, 1.54) is 7.11 Å². The number of fused-ring (bicyclic) bond motifs is 1. The predicted octanol–water partition coefficient (Wildman–Crippen LogP) is 7.55. The van der Waals surface area contributed by atoms with Gasteiger partial charge in [-0.3, -0.25) is 9.88 Å². The predicted molar refractivity (Wildman–Crippen MR) is 173 cm³/mol. The zero-order valence-electron chi connectivity index (χ0n) is 25.4. The number of hydrogen-bond acceptors (Lipinski definition) is 8. The summed E-state index contributed by atoms with van der Waals surface area (Å²) in [7, 11) is 1.39. The molecule has 42 heavy (non-hydrogen) atoms. The zero-order chi connectivity index (χ0) is 30.2. The minimum Gasteiger partial charge on any atom is -0.467 e. The number of carbonyl (C=O) groups is 1. The second-order valence-corrected chi connectivity index (χ2v) is 13.5. The van der Waals surface area contributed by atoms with E-state index in [-0.39, 0.29) is 0 Å². The van der Waals surface area contributed by atoms with Crippen molar-refractivity contribution in [1.82, 2.24) is 14.9 Å². The number of esters is 1. The first-order valence-electron chi connectivity index (χ1n) is 14.3. The number of benzene rings is 2. The van der Waals surface area contributed by atoms with E-state index >= 15 is 0 Å². The average Bonchev–Trinajstić information content (AvgIpc) is 3.39. The summed E-state index contributed by atoms with van der Waals surface area (Å²) in [5, 5.41) is 1.51. The minimum absolute atomic E-state index is 0.443. The molecule has 0 bridgehead atoms. The molecule has 1 fully saturated rings. The van der Waals surface area contributed by atoms with E-state index in [9.17, 15) is 4.79 Å². The summed E-state index contributed by atoms with van der Waals surface area (Å²) in [6.45, 7) is 16.3. The Labute approximate surface area is 257 Å². The number of aryl methyl sites for hydroxylation is 1. The van der Waals surface area contributed by atoms with Gasteiger partial charge in [0.05, 0.1) is 34.8 Å². The fraction of sp³-hybridized carbons (Fsp3) is 0.424. The van der Waals surface area contributed by atoms with Crippen molar-refractivity contribution in [2.45, 2.75) is 59.3 Å². The lowest BCUT2D eigenvalue weighted by molar-refractivity contribution is -0.164. The molecule has 5 rings (SSSR count). The van der Waals surface area contributed by atoms with Gasteiger partial charge in [-0.25, -0.2) is 9.78 Å². The van der Waals surface area contributed by atoms with E-state index in [4.69, 9.17) is 26.1 Å². The van der Waals surface area contributed by atoms with Crippen LogP contribution < -0.4 is 4.90 Å². The third-order valence-electron chi connectivity index (χ3n) is 7.59. The molecule has 2 aromatic carbocycles. The third-order valence-corrected chi connectivity index (χ3v) is 8.98. The Balaban J connectivity index is 1.63. The normalized spacial score (nSPS) is 15.4. The lowest BCUT2D eigenvalue weighted by atomic mass is 9.91. The van der Waals surface area contributed by atoms with Crippen LogP contribution in [0.5, 0.6) is 0 Å². The number of anilines is 1. The summed E-state index contributed by atoms with van der Waals surface area (Å²) in [6, 6.07) is 12.4. The van der Waals surface area contributed by atoms with Crippen molar-refractivity contribution in [2.24, 2.45) is 0 Å². The van der Waals surface area contributed by atoms with Crippen molar-refractivity contribution >= 4 is 44.8 Å². The minimum atomic E-state index is -0.912. The zero-order valence-corrected chi connectivity index (χ0v) is 27.0. The van der Waals surface area contributed by atoms with Crippen LogP contribution in [0.4, 0.5) is 5.69 Å². The molecule has 0 spiro atoms. The quantitative estimate of drug-likeness (QED) is 0.201. The Kier molecular flexibility index (Phi) is 8.90. The van der Waals surface area contributed by atoms with Gasteiger partial charge in [0.15, 0.2) is 6.10 Å². The molecule has 1 saturated heterocycles. The number of halogens is 1. The van der Waals surface area contributed by atoms with E-state index in [2.05, 4.69) is 34.7 Å². The number of nitrogens with zero attached hydrogens (tertiary/aromatic N) is 4. The van der Waals surface area contributed by atoms with Crippen LogP contribution in [0.2, 0.25) is 5.02 Å². The van der Waals surface area contributed by atoms with Gasteiger partial charge in [-0.05, 0) is 76.9 Å². The molecule has 9 heteroatoms. The summed E-state index contributed by atoms with van der Waals surface area (Å²) in [6.07, 6.45) is 2.90. The fourth-order valence-corrected chi connectivity index (χ4v) is 6.71. The van der Waals surface area contributed by atoms with Gasteiger partial charge in [-0.2, -0.15) is 0 Å². The van der Waals surface area contributed by atoms with E-state index in [0.29, 0.717) is 11.1 Å². The molecule has 0 amide bonds. The number of hydrogen-bond donors (Lipinski definition) is 0. The molecule has 0 aliphatic carbocycles. The smallest absolute Gasteiger partial charge is 0.339 e. The summed E-state index contributed by atoms with van der Waals surface area (Å²) >= 11 is 7.87. The maximum atomic E-state index is 13.2. The molecule has 0 radical (unpaired) electrons. The van der Waals surface area contributed by atoms with Gasteiger partial charge in [0, 0.05) is 60.1 Å². The number of pyridine rings is 1. The molecule has 4 aromatic rings.